The van der Waals surface area contributed by atoms with Crippen LogP contribution in [-0.4, -0.2) is 62.7 Å². The van der Waals surface area contributed by atoms with Crippen molar-refractivity contribution in [1.29, 1.82) is 0 Å². The maximum absolute atomic E-state index is 13.4. The van der Waals surface area contributed by atoms with E-state index >= 15 is 0 Å². The van der Waals surface area contributed by atoms with E-state index in [9.17, 15) is 18.0 Å². The number of carbonyl (C=O) groups is 1. The Balaban J connectivity index is 1.38. The van der Waals surface area contributed by atoms with Crippen LogP contribution in [0.2, 0.25) is 5.02 Å². The van der Waals surface area contributed by atoms with Crippen LogP contribution < -0.4 is 10.6 Å². The van der Waals surface area contributed by atoms with Crippen molar-refractivity contribution in [2.45, 2.75) is 31.7 Å². The first-order valence-electron chi connectivity index (χ1n) is 10.7. The summed E-state index contributed by atoms with van der Waals surface area (Å²) in [5, 5.41) is 4.19. The number of ether oxygens (including phenoxy) is 1. The minimum atomic E-state index is -4.49. The van der Waals surface area contributed by atoms with Crippen LogP contribution in [0.3, 0.4) is 0 Å². The first kappa shape index (κ1) is 22.7. The zero-order chi connectivity index (χ0) is 24.2. The highest BCUT2D eigenvalue weighted by molar-refractivity contribution is 6.31. The largest absolute Gasteiger partial charge is 0.416 e. The summed E-state index contributed by atoms with van der Waals surface area (Å²) in [4.78, 5) is 25.3. The topological polar surface area (TPSA) is 102 Å². The van der Waals surface area contributed by atoms with Gasteiger partial charge in [-0.05, 0) is 36.6 Å². The second-order valence-corrected chi connectivity index (χ2v) is 8.70. The van der Waals surface area contributed by atoms with E-state index in [0.29, 0.717) is 35.7 Å². The van der Waals surface area contributed by atoms with Crippen LogP contribution in [0, 0.1) is 0 Å². The summed E-state index contributed by atoms with van der Waals surface area (Å²) >= 11 is 6.25. The van der Waals surface area contributed by atoms with Crippen LogP contribution in [0.25, 0.3) is 5.65 Å². The van der Waals surface area contributed by atoms with E-state index in [1.165, 1.54) is 6.20 Å². The molecule has 5 rings (SSSR count). The van der Waals surface area contributed by atoms with Crippen molar-refractivity contribution in [3.63, 3.8) is 0 Å². The number of anilines is 2. The molecule has 0 radical (unpaired) electrons. The van der Waals surface area contributed by atoms with Crippen LogP contribution in [0.15, 0.2) is 24.5 Å². The third-order valence-electron chi connectivity index (χ3n) is 6.24. The normalized spacial score (nSPS) is 21.1. The van der Waals surface area contributed by atoms with Gasteiger partial charge in [-0.15, -0.1) is 5.10 Å². The molecule has 180 valence electrons. The predicted octanol–water partition coefficient (Wildman–Crippen LogP) is 2.73. The number of nitrogens with two attached hydrogens (primary N) is 1. The predicted molar refractivity (Wildman–Crippen MR) is 117 cm³/mol. The molecule has 34 heavy (non-hydrogen) atoms. The number of hydrogen-bond donors (Lipinski definition) is 1. The zero-order valence-electron chi connectivity index (χ0n) is 18.1. The highest BCUT2D eigenvalue weighted by atomic mass is 35.5. The lowest BCUT2D eigenvalue weighted by atomic mass is 9.91. The fraction of sp³-hybridized carbons (Fsp3) is 0.429. The SMILES string of the molecule is C[C@H]1c2c(Cl)cc(C(F)(F)F)cc2CCN1C(=O)[C@H]1CN(c2cncc3nc(N)nn23)CCO1. The van der Waals surface area contributed by atoms with Gasteiger partial charge in [0.2, 0.25) is 5.95 Å². The Morgan fingerprint density at radius 3 is 2.82 bits per heavy atom. The molecule has 13 heteroatoms. The van der Waals surface area contributed by atoms with Crippen LogP contribution in [0.5, 0.6) is 0 Å². The molecule has 9 nitrogen and oxygen atoms in total. The average Bonchev–Trinajstić information content (AvgIpc) is 3.18. The summed E-state index contributed by atoms with van der Waals surface area (Å²) < 4.78 is 46.9. The van der Waals surface area contributed by atoms with E-state index in [4.69, 9.17) is 22.1 Å². The zero-order valence-corrected chi connectivity index (χ0v) is 18.8. The Bertz CT molecular complexity index is 1270. The molecule has 1 amide bonds. The van der Waals surface area contributed by atoms with Gasteiger partial charge in [-0.25, -0.2) is 0 Å². The Morgan fingerprint density at radius 2 is 2.06 bits per heavy atom. The number of benzene rings is 1. The van der Waals surface area contributed by atoms with Gasteiger partial charge < -0.3 is 20.3 Å². The number of fused-ring (bicyclic) bond motifs is 2. The van der Waals surface area contributed by atoms with Crippen molar-refractivity contribution in [3.8, 4) is 0 Å². The Labute approximate surface area is 197 Å². The lowest BCUT2D eigenvalue weighted by Crippen LogP contribution is -2.53. The molecule has 2 aliphatic heterocycles. The van der Waals surface area contributed by atoms with Crippen molar-refractivity contribution in [2.75, 3.05) is 36.9 Å². The molecular formula is C21H21ClF3N7O2. The fourth-order valence-electron chi connectivity index (χ4n) is 4.63. The molecule has 0 unspecified atom stereocenters. The number of rotatable bonds is 2. The summed E-state index contributed by atoms with van der Waals surface area (Å²) in [6.45, 7) is 3.08. The highest BCUT2D eigenvalue weighted by Crippen LogP contribution is 2.40. The number of alkyl halides is 3. The van der Waals surface area contributed by atoms with E-state index in [1.54, 1.807) is 22.5 Å². The van der Waals surface area contributed by atoms with E-state index < -0.39 is 23.9 Å². The molecule has 0 saturated carbocycles. The van der Waals surface area contributed by atoms with E-state index in [-0.39, 0.29) is 36.4 Å². The average molecular weight is 496 g/mol. The van der Waals surface area contributed by atoms with Gasteiger partial charge in [0.05, 0.1) is 37.2 Å². The Morgan fingerprint density at radius 1 is 1.26 bits per heavy atom. The number of amides is 1. The summed E-state index contributed by atoms with van der Waals surface area (Å²) in [7, 11) is 0. The molecule has 2 N–H and O–H groups in total. The van der Waals surface area contributed by atoms with E-state index in [0.717, 1.165) is 12.1 Å². The van der Waals surface area contributed by atoms with Crippen molar-refractivity contribution in [3.05, 3.63) is 46.2 Å². The number of morpholine rings is 1. The van der Waals surface area contributed by atoms with Gasteiger partial charge in [0.25, 0.3) is 5.91 Å². The number of nitrogen functional groups attached to an aromatic ring is 1. The molecule has 4 heterocycles. The fourth-order valence-corrected chi connectivity index (χ4v) is 5.03. The third-order valence-corrected chi connectivity index (χ3v) is 6.56. The first-order valence-corrected chi connectivity index (χ1v) is 11.0. The van der Waals surface area contributed by atoms with Gasteiger partial charge in [0.1, 0.15) is 0 Å². The Kier molecular flexibility index (Phi) is 5.52. The number of aromatic nitrogens is 4. The number of halogens is 4. The molecule has 0 bridgehead atoms. The minimum absolute atomic E-state index is 0.00235. The molecule has 2 aromatic heterocycles. The summed E-state index contributed by atoms with van der Waals surface area (Å²) in [5.74, 6) is 0.487. The second-order valence-electron chi connectivity index (χ2n) is 8.30. The summed E-state index contributed by atoms with van der Waals surface area (Å²) in [5.41, 5.74) is 6.45. The number of carbonyl (C=O) groups excluding carboxylic acids is 1. The van der Waals surface area contributed by atoms with Crippen LogP contribution >= 0.6 is 11.6 Å². The van der Waals surface area contributed by atoms with Crippen molar-refractivity contribution >= 4 is 34.9 Å². The van der Waals surface area contributed by atoms with E-state index in [1.807, 2.05) is 4.90 Å². The highest BCUT2D eigenvalue weighted by Gasteiger charge is 2.38. The van der Waals surface area contributed by atoms with Gasteiger partial charge in [-0.2, -0.15) is 22.7 Å². The molecule has 1 aromatic carbocycles. The molecule has 0 aliphatic carbocycles. The van der Waals surface area contributed by atoms with E-state index in [2.05, 4.69) is 15.1 Å². The first-order chi connectivity index (χ1) is 16.1. The molecule has 0 spiro atoms. The molecule has 3 aromatic rings. The lowest BCUT2D eigenvalue weighted by Gasteiger charge is -2.40. The third kappa shape index (κ3) is 3.90. The smallest absolute Gasteiger partial charge is 0.366 e. The molecule has 2 aliphatic rings. The van der Waals surface area contributed by atoms with Crippen LogP contribution in [0.4, 0.5) is 24.9 Å². The minimum Gasteiger partial charge on any atom is -0.366 e. The molecule has 2 atom stereocenters. The second kappa shape index (κ2) is 8.27. The van der Waals surface area contributed by atoms with Gasteiger partial charge in [-0.3, -0.25) is 9.78 Å². The monoisotopic (exact) mass is 495 g/mol. The summed E-state index contributed by atoms with van der Waals surface area (Å²) in [6, 6.07) is 1.54. The van der Waals surface area contributed by atoms with Gasteiger partial charge in [0, 0.05) is 18.1 Å². The van der Waals surface area contributed by atoms with Gasteiger partial charge >= 0.3 is 6.18 Å². The van der Waals surface area contributed by atoms with Gasteiger partial charge in [-0.1, -0.05) is 11.6 Å². The van der Waals surface area contributed by atoms with Crippen LogP contribution in [0.1, 0.15) is 29.7 Å². The van der Waals surface area contributed by atoms with Crippen LogP contribution in [-0.2, 0) is 22.1 Å². The Hall–Kier alpha value is -3.12. The number of nitrogens with zero attached hydrogens (tertiary/aromatic N) is 6. The maximum Gasteiger partial charge on any atom is 0.416 e. The van der Waals surface area contributed by atoms with Crippen molar-refractivity contribution in [1.82, 2.24) is 24.5 Å². The van der Waals surface area contributed by atoms with Crippen molar-refractivity contribution in [2.24, 2.45) is 0 Å². The number of hydrogen-bond acceptors (Lipinski definition) is 7. The summed E-state index contributed by atoms with van der Waals surface area (Å²) in [6.07, 6.45) is -1.84. The van der Waals surface area contributed by atoms with Gasteiger partial charge in [0.15, 0.2) is 17.6 Å². The quantitative estimate of drug-likeness (QED) is 0.583. The maximum atomic E-state index is 13.4. The molecule has 1 fully saturated rings. The van der Waals surface area contributed by atoms with Crippen molar-refractivity contribution < 1.29 is 22.7 Å². The standard InChI is InChI=1S/C21H21ClF3N7O2/c1-11-18-12(6-13(7-14(18)22)21(23,24)25)2-3-31(11)19(33)15-10-30(4-5-34-15)17-9-27-8-16-28-20(26)29-32(16)17/h6-9,11,15H,2-5,10H2,1H3,(H2,26,29)/t11-,15+/m0/s1. The molecule has 1 saturated heterocycles. The molecular weight excluding hydrogens is 475 g/mol. The lowest BCUT2D eigenvalue weighted by molar-refractivity contribution is -0.147.